The number of benzene rings is 1. The predicted octanol–water partition coefficient (Wildman–Crippen LogP) is 1.23. The van der Waals surface area contributed by atoms with Crippen LogP contribution in [-0.2, 0) is 4.79 Å². The smallest absolute Gasteiger partial charge is 0.312 e. The first-order valence-corrected chi connectivity index (χ1v) is 7.34. The molecule has 0 bridgehead atoms. The number of rotatable bonds is 8. The van der Waals surface area contributed by atoms with Crippen LogP contribution in [0.1, 0.15) is 12.8 Å². The fourth-order valence-corrected chi connectivity index (χ4v) is 1.78. The van der Waals surface area contributed by atoms with Gasteiger partial charge in [0.15, 0.2) is 6.61 Å². The zero-order chi connectivity index (χ0) is 14.8. The van der Waals surface area contributed by atoms with Gasteiger partial charge in [0.25, 0.3) is 5.91 Å². The van der Waals surface area contributed by atoms with Gasteiger partial charge in [0, 0.05) is 16.7 Å². The molecule has 0 saturated carbocycles. The second kappa shape index (κ2) is 9.40. The van der Waals surface area contributed by atoms with Gasteiger partial charge in [-0.2, -0.15) is 0 Å². The van der Waals surface area contributed by atoms with Crippen LogP contribution in [-0.4, -0.2) is 31.6 Å². The van der Waals surface area contributed by atoms with Gasteiger partial charge in [-0.15, -0.1) is 0 Å². The van der Waals surface area contributed by atoms with E-state index in [-0.39, 0.29) is 12.5 Å². The molecule has 4 N–H and O–H groups in total. The summed E-state index contributed by atoms with van der Waals surface area (Å²) in [6.45, 7) is 1.07. The summed E-state index contributed by atoms with van der Waals surface area (Å²) in [5, 5.41) is 5.23. The van der Waals surface area contributed by atoms with Gasteiger partial charge in [-0.1, -0.05) is 0 Å². The fraction of sp³-hybridized carbons (Fsp3) is 0.385. The lowest BCUT2D eigenvalue weighted by Crippen LogP contribution is -2.32. The van der Waals surface area contributed by atoms with Crippen LogP contribution >= 0.6 is 22.6 Å². The summed E-state index contributed by atoms with van der Waals surface area (Å²) in [6, 6.07) is 6.95. The molecule has 110 valence electrons. The molecule has 1 aromatic carbocycles. The van der Waals surface area contributed by atoms with E-state index in [9.17, 15) is 9.59 Å². The van der Waals surface area contributed by atoms with Crippen LogP contribution in [0.25, 0.3) is 0 Å². The number of halogens is 1. The van der Waals surface area contributed by atoms with E-state index in [4.69, 9.17) is 10.5 Å². The summed E-state index contributed by atoms with van der Waals surface area (Å²) in [5.74, 6) is 0.512. The Kier molecular flexibility index (Phi) is 7.78. The molecule has 6 nitrogen and oxygen atoms in total. The van der Waals surface area contributed by atoms with E-state index in [0.717, 1.165) is 16.4 Å². The minimum absolute atomic E-state index is 0.000127. The topological polar surface area (TPSA) is 93.5 Å². The number of primary amides is 1. The van der Waals surface area contributed by atoms with Gasteiger partial charge in [-0.25, -0.2) is 4.79 Å². The van der Waals surface area contributed by atoms with Crippen LogP contribution in [0.2, 0.25) is 0 Å². The van der Waals surface area contributed by atoms with Gasteiger partial charge >= 0.3 is 6.03 Å². The maximum atomic E-state index is 11.5. The van der Waals surface area contributed by atoms with Crippen LogP contribution in [0.3, 0.4) is 0 Å². The van der Waals surface area contributed by atoms with Gasteiger partial charge in [0.2, 0.25) is 0 Å². The molecule has 0 radical (unpaired) electrons. The summed E-state index contributed by atoms with van der Waals surface area (Å²) >= 11 is 2.20. The van der Waals surface area contributed by atoms with E-state index >= 15 is 0 Å². The highest BCUT2D eigenvalue weighted by Crippen LogP contribution is 2.13. The molecule has 0 atom stereocenters. The summed E-state index contributed by atoms with van der Waals surface area (Å²) in [4.78, 5) is 21.9. The molecule has 0 aliphatic heterocycles. The maximum absolute atomic E-state index is 11.5. The third-order valence-electron chi connectivity index (χ3n) is 2.41. The standard InChI is InChI=1S/C13H18IN3O3/c14-10-3-5-11(6-4-10)20-9-12(18)16-7-1-2-8-17-13(15)19/h3-6H,1-2,7-9H2,(H,16,18)(H3,15,17,19). The lowest BCUT2D eigenvalue weighted by Gasteiger charge is -2.07. The Labute approximate surface area is 131 Å². The number of ether oxygens (including phenoxy) is 1. The molecule has 20 heavy (non-hydrogen) atoms. The number of carbonyl (C=O) groups is 2. The number of nitrogens with two attached hydrogens (primary N) is 1. The highest BCUT2D eigenvalue weighted by atomic mass is 127. The van der Waals surface area contributed by atoms with Crippen molar-refractivity contribution in [3.05, 3.63) is 27.8 Å². The van der Waals surface area contributed by atoms with Crippen molar-refractivity contribution in [1.82, 2.24) is 10.6 Å². The summed E-state index contributed by atoms with van der Waals surface area (Å²) < 4.78 is 6.46. The minimum Gasteiger partial charge on any atom is -0.484 e. The fourth-order valence-electron chi connectivity index (χ4n) is 1.42. The number of nitrogens with one attached hydrogen (secondary N) is 2. The zero-order valence-electron chi connectivity index (χ0n) is 11.0. The Bertz CT molecular complexity index is 437. The number of hydrogen-bond acceptors (Lipinski definition) is 3. The van der Waals surface area contributed by atoms with E-state index in [1.54, 1.807) is 0 Å². The van der Waals surface area contributed by atoms with Crippen molar-refractivity contribution in [3.8, 4) is 5.75 Å². The molecule has 0 aromatic heterocycles. The Morgan fingerprint density at radius 1 is 1.10 bits per heavy atom. The van der Waals surface area contributed by atoms with E-state index in [0.29, 0.717) is 18.8 Å². The third-order valence-corrected chi connectivity index (χ3v) is 3.13. The first kappa shape index (κ1) is 16.5. The second-order valence-corrected chi connectivity index (χ2v) is 5.34. The Balaban J connectivity index is 2.06. The minimum atomic E-state index is -0.528. The molecule has 0 aliphatic rings. The first-order valence-electron chi connectivity index (χ1n) is 6.26. The van der Waals surface area contributed by atoms with E-state index in [1.165, 1.54) is 0 Å². The number of amides is 3. The van der Waals surface area contributed by atoms with Gasteiger partial charge in [0.1, 0.15) is 5.75 Å². The van der Waals surface area contributed by atoms with Crippen LogP contribution in [0.5, 0.6) is 5.75 Å². The van der Waals surface area contributed by atoms with Crippen molar-refractivity contribution in [1.29, 1.82) is 0 Å². The predicted molar refractivity (Wildman–Crippen MR) is 84.5 cm³/mol. The monoisotopic (exact) mass is 391 g/mol. The molecular formula is C13H18IN3O3. The molecule has 0 fully saturated rings. The van der Waals surface area contributed by atoms with Crippen molar-refractivity contribution in [2.75, 3.05) is 19.7 Å². The molecule has 0 spiro atoms. The summed E-state index contributed by atoms with van der Waals surface area (Å²) in [5.41, 5.74) is 4.92. The second-order valence-electron chi connectivity index (χ2n) is 4.09. The largest absolute Gasteiger partial charge is 0.484 e. The third kappa shape index (κ3) is 7.82. The normalized spacial score (nSPS) is 9.85. The SMILES string of the molecule is NC(=O)NCCCCNC(=O)COc1ccc(I)cc1. The summed E-state index contributed by atoms with van der Waals surface area (Å²) in [7, 11) is 0. The van der Waals surface area contributed by atoms with Crippen molar-refractivity contribution < 1.29 is 14.3 Å². The maximum Gasteiger partial charge on any atom is 0.312 e. The zero-order valence-corrected chi connectivity index (χ0v) is 13.2. The van der Waals surface area contributed by atoms with Crippen LogP contribution in [0, 0.1) is 3.57 Å². The average molecular weight is 391 g/mol. The van der Waals surface area contributed by atoms with Crippen molar-refractivity contribution in [2.45, 2.75) is 12.8 Å². The van der Waals surface area contributed by atoms with Gasteiger partial charge in [-0.05, 0) is 59.7 Å². The van der Waals surface area contributed by atoms with Crippen molar-refractivity contribution >= 4 is 34.5 Å². The van der Waals surface area contributed by atoms with E-state index in [2.05, 4.69) is 33.2 Å². The molecular weight excluding hydrogens is 373 g/mol. The summed E-state index contributed by atoms with van der Waals surface area (Å²) in [6.07, 6.45) is 1.54. The molecule has 1 rings (SSSR count). The lowest BCUT2D eigenvalue weighted by atomic mass is 10.3. The Morgan fingerprint density at radius 2 is 1.70 bits per heavy atom. The van der Waals surface area contributed by atoms with Gasteiger partial charge in [-0.3, -0.25) is 4.79 Å². The molecule has 0 unspecified atom stereocenters. The van der Waals surface area contributed by atoms with E-state index < -0.39 is 6.03 Å². The molecule has 0 aliphatic carbocycles. The van der Waals surface area contributed by atoms with Crippen LogP contribution in [0.15, 0.2) is 24.3 Å². The quantitative estimate of drug-likeness (QED) is 0.460. The lowest BCUT2D eigenvalue weighted by molar-refractivity contribution is -0.123. The number of carbonyl (C=O) groups excluding carboxylic acids is 2. The number of urea groups is 1. The number of hydrogen-bond donors (Lipinski definition) is 3. The Morgan fingerprint density at radius 3 is 2.30 bits per heavy atom. The van der Waals surface area contributed by atoms with Crippen LogP contribution < -0.4 is 21.1 Å². The highest BCUT2D eigenvalue weighted by Gasteiger charge is 2.02. The van der Waals surface area contributed by atoms with Crippen molar-refractivity contribution in [3.63, 3.8) is 0 Å². The first-order chi connectivity index (χ1) is 9.58. The Hall–Kier alpha value is -1.51. The van der Waals surface area contributed by atoms with Gasteiger partial charge in [0.05, 0.1) is 0 Å². The van der Waals surface area contributed by atoms with Gasteiger partial charge < -0.3 is 21.1 Å². The van der Waals surface area contributed by atoms with E-state index in [1.807, 2.05) is 24.3 Å². The highest BCUT2D eigenvalue weighted by molar-refractivity contribution is 14.1. The number of unbranched alkanes of at least 4 members (excludes halogenated alkanes) is 1. The molecule has 0 saturated heterocycles. The van der Waals surface area contributed by atoms with Crippen LogP contribution in [0.4, 0.5) is 4.79 Å². The molecule has 0 heterocycles. The molecule has 1 aromatic rings. The average Bonchev–Trinajstić information content (AvgIpc) is 2.41. The van der Waals surface area contributed by atoms with Crippen molar-refractivity contribution in [2.24, 2.45) is 5.73 Å². The molecule has 3 amide bonds. The molecule has 7 heteroatoms.